The molecule has 0 radical (unpaired) electrons. The van der Waals surface area contributed by atoms with Crippen molar-refractivity contribution in [1.29, 1.82) is 0 Å². The highest BCUT2D eigenvalue weighted by molar-refractivity contribution is 7.92. The lowest BCUT2D eigenvalue weighted by Gasteiger charge is -2.22. The molecule has 2 aromatic carbocycles. The van der Waals surface area contributed by atoms with Crippen molar-refractivity contribution in [2.24, 2.45) is 10.3 Å². The van der Waals surface area contributed by atoms with Gasteiger partial charge >= 0.3 is 0 Å². The lowest BCUT2D eigenvalue weighted by atomic mass is 10.2. The summed E-state index contributed by atoms with van der Waals surface area (Å²) >= 11 is 0. The van der Waals surface area contributed by atoms with Crippen molar-refractivity contribution in [3.63, 3.8) is 0 Å². The van der Waals surface area contributed by atoms with Crippen molar-refractivity contribution in [1.82, 2.24) is 5.01 Å². The Kier molecular flexibility index (Phi) is 5.53. The van der Waals surface area contributed by atoms with E-state index in [-0.39, 0.29) is 4.90 Å². The van der Waals surface area contributed by atoms with Gasteiger partial charge in [-0.1, -0.05) is 29.5 Å². The second-order valence-corrected chi connectivity index (χ2v) is 7.95. The maximum absolute atomic E-state index is 13.0. The Morgan fingerprint density at radius 3 is 2.46 bits per heavy atom. The van der Waals surface area contributed by atoms with Crippen molar-refractivity contribution in [3.8, 4) is 0 Å². The monoisotopic (exact) mass is 374 g/mol. The van der Waals surface area contributed by atoms with E-state index in [0.717, 1.165) is 0 Å². The van der Waals surface area contributed by atoms with Gasteiger partial charge in [-0.05, 0) is 36.8 Å². The second kappa shape index (κ2) is 7.84. The van der Waals surface area contributed by atoms with Gasteiger partial charge in [0.15, 0.2) is 0 Å². The number of hydrogen-bond acceptors (Lipinski definition) is 5. The van der Waals surface area contributed by atoms with Crippen LogP contribution < -0.4 is 4.31 Å². The van der Waals surface area contributed by atoms with Gasteiger partial charge < -0.3 is 4.74 Å². The normalized spacial score (nSPS) is 15.4. The molecule has 1 aliphatic rings. The van der Waals surface area contributed by atoms with E-state index in [2.05, 4.69) is 10.3 Å². The van der Waals surface area contributed by atoms with Crippen molar-refractivity contribution in [2.75, 3.05) is 37.7 Å². The summed E-state index contributed by atoms with van der Waals surface area (Å²) in [6, 6.07) is 14.1. The summed E-state index contributed by atoms with van der Waals surface area (Å²) in [7, 11) is -2.14. The standard InChI is InChI=1S/C18H22N4O3S/c1-15-8-9-16(19-20-22-10-12-25-13-11-22)14-18(15)26(23,24)21(2)17-6-4-3-5-7-17/h3-9,14H,10-13H2,1-2H3. The number of morpholine rings is 1. The lowest BCUT2D eigenvalue weighted by Crippen LogP contribution is -2.31. The summed E-state index contributed by atoms with van der Waals surface area (Å²) < 4.78 is 32.6. The van der Waals surface area contributed by atoms with Gasteiger partial charge in [0, 0.05) is 7.05 Å². The molecule has 2 aromatic rings. The van der Waals surface area contributed by atoms with Crippen LogP contribution in [0.4, 0.5) is 11.4 Å². The predicted octanol–water partition coefficient (Wildman–Crippen LogP) is 3.15. The van der Waals surface area contributed by atoms with Gasteiger partial charge in [-0.15, -0.1) is 5.11 Å². The number of anilines is 1. The topological polar surface area (TPSA) is 74.6 Å². The molecule has 7 nitrogen and oxygen atoms in total. The molecule has 138 valence electrons. The number of aryl methyl sites for hydroxylation is 1. The summed E-state index contributed by atoms with van der Waals surface area (Å²) in [5.74, 6) is 0. The highest BCUT2D eigenvalue weighted by atomic mass is 32.2. The van der Waals surface area contributed by atoms with Crippen LogP contribution >= 0.6 is 0 Å². The van der Waals surface area contributed by atoms with Crippen LogP contribution in [0.5, 0.6) is 0 Å². The third kappa shape index (κ3) is 4.03. The molecule has 0 amide bonds. The van der Waals surface area contributed by atoms with Gasteiger partial charge in [-0.25, -0.2) is 8.42 Å². The van der Waals surface area contributed by atoms with E-state index >= 15 is 0 Å². The predicted molar refractivity (Wildman–Crippen MR) is 100 cm³/mol. The molecule has 1 heterocycles. The van der Waals surface area contributed by atoms with Crippen LogP contribution in [0.15, 0.2) is 63.8 Å². The molecular formula is C18H22N4O3S. The molecule has 1 aliphatic heterocycles. The molecule has 0 spiro atoms. The highest BCUT2D eigenvalue weighted by Crippen LogP contribution is 2.27. The molecular weight excluding hydrogens is 352 g/mol. The largest absolute Gasteiger partial charge is 0.378 e. The van der Waals surface area contributed by atoms with Gasteiger partial charge in [0.25, 0.3) is 10.0 Å². The highest BCUT2D eigenvalue weighted by Gasteiger charge is 2.23. The first-order valence-electron chi connectivity index (χ1n) is 8.37. The molecule has 0 saturated carbocycles. The third-order valence-electron chi connectivity index (χ3n) is 4.20. The zero-order valence-electron chi connectivity index (χ0n) is 14.9. The Morgan fingerprint density at radius 1 is 1.08 bits per heavy atom. The molecule has 3 rings (SSSR count). The van der Waals surface area contributed by atoms with Gasteiger partial charge in [0.1, 0.15) is 0 Å². The van der Waals surface area contributed by atoms with Crippen LogP contribution in [-0.4, -0.2) is 46.8 Å². The van der Waals surface area contributed by atoms with Crippen LogP contribution in [-0.2, 0) is 14.8 Å². The van der Waals surface area contributed by atoms with Crippen LogP contribution in [0.25, 0.3) is 0 Å². The van der Waals surface area contributed by atoms with E-state index in [0.29, 0.717) is 43.2 Å². The second-order valence-electron chi connectivity index (χ2n) is 6.01. The first kappa shape index (κ1) is 18.3. The minimum atomic E-state index is -3.69. The zero-order chi connectivity index (χ0) is 18.6. The Bertz CT molecular complexity index is 879. The third-order valence-corrected chi connectivity index (χ3v) is 6.13. The van der Waals surface area contributed by atoms with Crippen LogP contribution in [0.3, 0.4) is 0 Å². The van der Waals surface area contributed by atoms with E-state index in [1.807, 2.05) is 11.1 Å². The fourth-order valence-electron chi connectivity index (χ4n) is 2.61. The first-order valence-corrected chi connectivity index (χ1v) is 9.81. The van der Waals surface area contributed by atoms with Gasteiger partial charge in [-0.3, -0.25) is 9.31 Å². The van der Waals surface area contributed by atoms with Gasteiger partial charge in [0.2, 0.25) is 0 Å². The number of hydrogen-bond donors (Lipinski definition) is 0. The van der Waals surface area contributed by atoms with E-state index in [1.165, 1.54) is 4.31 Å². The number of para-hydroxylation sites is 1. The van der Waals surface area contributed by atoms with Gasteiger partial charge in [0.05, 0.1) is 42.6 Å². The lowest BCUT2D eigenvalue weighted by molar-refractivity contribution is 0.0353. The van der Waals surface area contributed by atoms with E-state index in [1.54, 1.807) is 56.4 Å². The Hall–Kier alpha value is -2.45. The van der Waals surface area contributed by atoms with Crippen molar-refractivity contribution in [2.45, 2.75) is 11.8 Å². The Balaban J connectivity index is 1.88. The molecule has 8 heteroatoms. The first-order chi connectivity index (χ1) is 12.5. The molecule has 26 heavy (non-hydrogen) atoms. The SMILES string of the molecule is Cc1ccc(N=NN2CCOCC2)cc1S(=O)(=O)N(C)c1ccccc1. The van der Waals surface area contributed by atoms with Crippen LogP contribution in [0.2, 0.25) is 0 Å². The number of ether oxygens (including phenoxy) is 1. The maximum Gasteiger partial charge on any atom is 0.264 e. The summed E-state index contributed by atoms with van der Waals surface area (Å²) in [5, 5.41) is 10.2. The number of sulfonamides is 1. The van der Waals surface area contributed by atoms with E-state index < -0.39 is 10.0 Å². The van der Waals surface area contributed by atoms with Crippen LogP contribution in [0.1, 0.15) is 5.56 Å². The summed E-state index contributed by atoms with van der Waals surface area (Å²) in [5.41, 5.74) is 1.77. The summed E-state index contributed by atoms with van der Waals surface area (Å²) in [6.07, 6.45) is 0. The number of benzene rings is 2. The minimum Gasteiger partial charge on any atom is -0.378 e. The molecule has 0 atom stereocenters. The summed E-state index contributed by atoms with van der Waals surface area (Å²) in [4.78, 5) is 0.224. The molecule has 0 aromatic heterocycles. The number of rotatable bonds is 5. The smallest absolute Gasteiger partial charge is 0.264 e. The average molecular weight is 374 g/mol. The van der Waals surface area contributed by atoms with E-state index in [4.69, 9.17) is 4.74 Å². The average Bonchev–Trinajstić information content (AvgIpc) is 2.68. The maximum atomic E-state index is 13.0. The number of nitrogens with zero attached hydrogens (tertiary/aromatic N) is 4. The van der Waals surface area contributed by atoms with Crippen molar-refractivity contribution in [3.05, 3.63) is 54.1 Å². The minimum absolute atomic E-state index is 0.224. The fourth-order valence-corrected chi connectivity index (χ4v) is 4.05. The molecule has 0 aliphatic carbocycles. The Morgan fingerprint density at radius 2 is 1.77 bits per heavy atom. The molecule has 1 fully saturated rings. The summed E-state index contributed by atoms with van der Waals surface area (Å²) in [6.45, 7) is 4.37. The van der Waals surface area contributed by atoms with Gasteiger partial charge in [-0.2, -0.15) is 0 Å². The molecule has 1 saturated heterocycles. The van der Waals surface area contributed by atoms with Crippen molar-refractivity contribution >= 4 is 21.4 Å². The fraction of sp³-hybridized carbons (Fsp3) is 0.333. The molecule has 0 N–H and O–H groups in total. The van der Waals surface area contributed by atoms with Crippen molar-refractivity contribution < 1.29 is 13.2 Å². The van der Waals surface area contributed by atoms with E-state index in [9.17, 15) is 8.42 Å². The van der Waals surface area contributed by atoms with Crippen LogP contribution in [0, 0.1) is 6.92 Å². The molecule has 0 unspecified atom stereocenters. The zero-order valence-corrected chi connectivity index (χ0v) is 15.7. The molecule has 0 bridgehead atoms. The quantitative estimate of drug-likeness (QED) is 0.754. The Labute approximate surface area is 153 Å².